The standard InChI is InChI=1S/C16H23N3O5S/c1-3-17-15(20)11-18-16(21)14-10-13(5-4-12(14)2)25(22,23)19-6-8-24-9-7-19/h4-5,10H,3,6-9,11H2,1-2H3,(H,17,20)(H,18,21). The smallest absolute Gasteiger partial charge is 0.252 e. The molecule has 0 aliphatic carbocycles. The number of hydrogen-bond donors (Lipinski definition) is 2. The van der Waals surface area contributed by atoms with Gasteiger partial charge in [-0.05, 0) is 31.5 Å². The third-order valence-electron chi connectivity index (χ3n) is 3.84. The van der Waals surface area contributed by atoms with E-state index in [1.807, 2.05) is 0 Å². The van der Waals surface area contributed by atoms with Gasteiger partial charge in [-0.1, -0.05) is 6.07 Å². The second kappa shape index (κ2) is 8.41. The molecule has 0 radical (unpaired) electrons. The van der Waals surface area contributed by atoms with Crippen molar-refractivity contribution in [2.75, 3.05) is 39.4 Å². The molecular weight excluding hydrogens is 346 g/mol. The quantitative estimate of drug-likeness (QED) is 0.728. The zero-order valence-electron chi connectivity index (χ0n) is 14.4. The first-order valence-electron chi connectivity index (χ1n) is 8.09. The number of rotatable bonds is 6. The van der Waals surface area contributed by atoms with Crippen LogP contribution in [0.15, 0.2) is 23.1 Å². The molecule has 2 N–H and O–H groups in total. The maximum atomic E-state index is 12.7. The molecule has 1 saturated heterocycles. The number of ether oxygens (including phenoxy) is 1. The van der Waals surface area contributed by atoms with Crippen LogP contribution in [0.5, 0.6) is 0 Å². The van der Waals surface area contributed by atoms with Gasteiger partial charge in [-0.15, -0.1) is 0 Å². The van der Waals surface area contributed by atoms with Crippen LogP contribution in [0.2, 0.25) is 0 Å². The Kier molecular flexibility index (Phi) is 6.51. The number of morpholine rings is 1. The Bertz CT molecular complexity index is 742. The molecule has 0 atom stereocenters. The highest BCUT2D eigenvalue weighted by atomic mass is 32.2. The molecule has 1 aromatic rings. The Morgan fingerprint density at radius 1 is 1.20 bits per heavy atom. The maximum absolute atomic E-state index is 12.7. The summed E-state index contributed by atoms with van der Waals surface area (Å²) in [5.41, 5.74) is 0.868. The molecule has 0 spiro atoms. The molecule has 2 rings (SSSR count). The van der Waals surface area contributed by atoms with Crippen molar-refractivity contribution >= 4 is 21.8 Å². The lowest BCUT2D eigenvalue weighted by atomic mass is 10.1. The van der Waals surface area contributed by atoms with E-state index < -0.39 is 15.9 Å². The summed E-state index contributed by atoms with van der Waals surface area (Å²) < 4.78 is 31.9. The van der Waals surface area contributed by atoms with Crippen LogP contribution in [0.1, 0.15) is 22.8 Å². The van der Waals surface area contributed by atoms with Crippen LogP contribution in [0, 0.1) is 6.92 Å². The molecule has 0 unspecified atom stereocenters. The predicted molar refractivity (Wildman–Crippen MR) is 91.8 cm³/mol. The molecule has 8 nitrogen and oxygen atoms in total. The summed E-state index contributed by atoms with van der Waals surface area (Å²) in [6, 6.07) is 4.43. The predicted octanol–water partition coefficient (Wildman–Crippen LogP) is -0.118. The summed E-state index contributed by atoms with van der Waals surface area (Å²) in [6.07, 6.45) is 0. The summed E-state index contributed by atoms with van der Waals surface area (Å²) in [6.45, 7) is 5.09. The van der Waals surface area contributed by atoms with Gasteiger partial charge in [0.2, 0.25) is 15.9 Å². The fraction of sp³-hybridized carbons (Fsp3) is 0.500. The number of likely N-dealkylation sites (N-methyl/N-ethyl adjacent to an activating group) is 1. The van der Waals surface area contributed by atoms with Crippen molar-refractivity contribution < 1.29 is 22.7 Å². The number of hydrogen-bond acceptors (Lipinski definition) is 5. The van der Waals surface area contributed by atoms with E-state index in [9.17, 15) is 18.0 Å². The van der Waals surface area contributed by atoms with E-state index in [0.29, 0.717) is 25.3 Å². The zero-order valence-corrected chi connectivity index (χ0v) is 15.2. The molecule has 0 saturated carbocycles. The van der Waals surface area contributed by atoms with Gasteiger partial charge in [-0.2, -0.15) is 4.31 Å². The van der Waals surface area contributed by atoms with Gasteiger partial charge in [-0.3, -0.25) is 9.59 Å². The van der Waals surface area contributed by atoms with E-state index in [1.165, 1.54) is 16.4 Å². The highest BCUT2D eigenvalue weighted by Gasteiger charge is 2.27. The maximum Gasteiger partial charge on any atom is 0.252 e. The first-order chi connectivity index (χ1) is 11.9. The number of benzene rings is 1. The van der Waals surface area contributed by atoms with Gasteiger partial charge >= 0.3 is 0 Å². The third-order valence-corrected chi connectivity index (χ3v) is 5.74. The average molecular weight is 369 g/mol. The minimum atomic E-state index is -3.68. The number of nitrogens with one attached hydrogen (secondary N) is 2. The van der Waals surface area contributed by atoms with Gasteiger partial charge in [0.05, 0.1) is 24.7 Å². The van der Waals surface area contributed by atoms with Crippen molar-refractivity contribution in [1.82, 2.24) is 14.9 Å². The first-order valence-corrected chi connectivity index (χ1v) is 9.53. The normalized spacial score (nSPS) is 15.6. The van der Waals surface area contributed by atoms with Crippen molar-refractivity contribution in [3.05, 3.63) is 29.3 Å². The van der Waals surface area contributed by atoms with Gasteiger partial charge in [0.1, 0.15) is 0 Å². The van der Waals surface area contributed by atoms with Crippen LogP contribution < -0.4 is 10.6 Å². The first kappa shape index (κ1) is 19.4. The van der Waals surface area contributed by atoms with Crippen LogP contribution in [0.25, 0.3) is 0 Å². The summed E-state index contributed by atoms with van der Waals surface area (Å²) in [7, 11) is -3.68. The Hall–Kier alpha value is -1.97. The molecule has 1 aliphatic heterocycles. The molecule has 9 heteroatoms. The minimum Gasteiger partial charge on any atom is -0.379 e. The molecule has 2 amide bonds. The Morgan fingerprint density at radius 2 is 1.88 bits per heavy atom. The van der Waals surface area contributed by atoms with Crippen molar-refractivity contribution in [2.45, 2.75) is 18.7 Å². The van der Waals surface area contributed by atoms with E-state index >= 15 is 0 Å². The fourth-order valence-corrected chi connectivity index (χ4v) is 3.89. The molecule has 25 heavy (non-hydrogen) atoms. The van der Waals surface area contributed by atoms with Gasteiger partial charge in [0.25, 0.3) is 5.91 Å². The molecular formula is C16H23N3O5S. The third kappa shape index (κ3) is 4.77. The Labute approximate surface area is 147 Å². The van der Waals surface area contributed by atoms with Crippen molar-refractivity contribution in [3.63, 3.8) is 0 Å². The number of amides is 2. The average Bonchev–Trinajstić information content (AvgIpc) is 2.61. The van der Waals surface area contributed by atoms with Gasteiger partial charge in [0.15, 0.2) is 0 Å². The summed E-state index contributed by atoms with van der Waals surface area (Å²) in [4.78, 5) is 23.8. The van der Waals surface area contributed by atoms with E-state index in [0.717, 1.165) is 0 Å². The minimum absolute atomic E-state index is 0.0585. The zero-order chi connectivity index (χ0) is 18.4. The topological polar surface area (TPSA) is 105 Å². The van der Waals surface area contributed by atoms with Crippen LogP contribution in [-0.2, 0) is 19.6 Å². The Balaban J connectivity index is 2.19. The van der Waals surface area contributed by atoms with Crippen LogP contribution in [0.3, 0.4) is 0 Å². The number of sulfonamides is 1. The van der Waals surface area contributed by atoms with Crippen molar-refractivity contribution in [2.24, 2.45) is 0 Å². The molecule has 1 heterocycles. The Morgan fingerprint density at radius 3 is 2.52 bits per heavy atom. The van der Waals surface area contributed by atoms with Gasteiger partial charge in [0, 0.05) is 25.2 Å². The summed E-state index contributed by atoms with van der Waals surface area (Å²) in [5.74, 6) is -0.784. The van der Waals surface area contributed by atoms with Crippen molar-refractivity contribution in [1.29, 1.82) is 0 Å². The number of aryl methyl sites for hydroxylation is 1. The lowest BCUT2D eigenvalue weighted by Gasteiger charge is -2.26. The molecule has 0 aromatic heterocycles. The molecule has 1 aromatic carbocycles. The monoisotopic (exact) mass is 369 g/mol. The highest BCUT2D eigenvalue weighted by molar-refractivity contribution is 7.89. The fourth-order valence-electron chi connectivity index (χ4n) is 2.46. The van der Waals surface area contributed by atoms with Crippen molar-refractivity contribution in [3.8, 4) is 0 Å². The summed E-state index contributed by atoms with van der Waals surface area (Å²) in [5, 5.41) is 5.08. The largest absolute Gasteiger partial charge is 0.379 e. The van der Waals surface area contributed by atoms with Crippen LogP contribution in [-0.4, -0.2) is 63.9 Å². The number of carbonyl (C=O) groups is 2. The lowest BCUT2D eigenvalue weighted by molar-refractivity contribution is -0.120. The van der Waals surface area contributed by atoms with Crippen LogP contribution >= 0.6 is 0 Å². The van der Waals surface area contributed by atoms with E-state index in [4.69, 9.17) is 4.74 Å². The SMILES string of the molecule is CCNC(=O)CNC(=O)c1cc(S(=O)(=O)N2CCOCC2)ccc1C. The molecule has 138 valence electrons. The number of nitrogens with zero attached hydrogens (tertiary/aromatic N) is 1. The lowest BCUT2D eigenvalue weighted by Crippen LogP contribution is -2.40. The van der Waals surface area contributed by atoms with Gasteiger partial charge < -0.3 is 15.4 Å². The second-order valence-electron chi connectivity index (χ2n) is 5.63. The number of carbonyl (C=O) groups excluding carboxylic acids is 2. The van der Waals surface area contributed by atoms with E-state index in [1.54, 1.807) is 19.9 Å². The van der Waals surface area contributed by atoms with Crippen LogP contribution in [0.4, 0.5) is 0 Å². The molecule has 1 fully saturated rings. The summed E-state index contributed by atoms with van der Waals surface area (Å²) >= 11 is 0. The molecule has 1 aliphatic rings. The highest BCUT2D eigenvalue weighted by Crippen LogP contribution is 2.20. The van der Waals surface area contributed by atoms with Gasteiger partial charge in [-0.25, -0.2) is 8.42 Å². The second-order valence-corrected chi connectivity index (χ2v) is 7.57. The van der Waals surface area contributed by atoms with E-state index in [2.05, 4.69) is 10.6 Å². The van der Waals surface area contributed by atoms with E-state index in [-0.39, 0.29) is 36.0 Å². The molecule has 0 bridgehead atoms.